The van der Waals surface area contributed by atoms with Crippen LogP contribution in [0.2, 0.25) is 0 Å². The minimum absolute atomic E-state index is 0.523. The molecule has 0 bridgehead atoms. The van der Waals surface area contributed by atoms with Gasteiger partial charge in [0.05, 0.1) is 17.6 Å². The van der Waals surface area contributed by atoms with Gasteiger partial charge in [0.15, 0.2) is 5.65 Å². The standard InChI is InChI=1S/C14H21N5/c1-10-13-7-12(8-15-14(13)19(3)17-10)16-11-5-4-6-18(2)9-11/h7-8,11,16H,4-6,9H2,1-3H3. The first kappa shape index (κ1) is 12.4. The Morgan fingerprint density at radius 1 is 1.37 bits per heavy atom. The van der Waals surface area contributed by atoms with Crippen molar-refractivity contribution in [1.82, 2.24) is 19.7 Å². The lowest BCUT2D eigenvalue weighted by atomic mass is 10.1. The van der Waals surface area contributed by atoms with Crippen molar-refractivity contribution in [2.75, 3.05) is 25.5 Å². The average molecular weight is 259 g/mol. The molecule has 0 aliphatic carbocycles. The second kappa shape index (κ2) is 4.81. The molecule has 5 heteroatoms. The lowest BCUT2D eigenvalue weighted by Crippen LogP contribution is -2.39. The van der Waals surface area contributed by atoms with Crippen LogP contribution in [0.25, 0.3) is 11.0 Å². The summed E-state index contributed by atoms with van der Waals surface area (Å²) in [4.78, 5) is 6.89. The summed E-state index contributed by atoms with van der Waals surface area (Å²) in [5.74, 6) is 0. The maximum atomic E-state index is 4.51. The van der Waals surface area contributed by atoms with Crippen molar-refractivity contribution in [2.24, 2.45) is 7.05 Å². The summed E-state index contributed by atoms with van der Waals surface area (Å²) in [7, 11) is 4.12. The highest BCUT2D eigenvalue weighted by molar-refractivity contribution is 5.81. The van der Waals surface area contributed by atoms with Crippen molar-refractivity contribution >= 4 is 16.7 Å². The molecule has 1 aliphatic rings. The Hall–Kier alpha value is -1.62. The quantitative estimate of drug-likeness (QED) is 0.893. The van der Waals surface area contributed by atoms with Gasteiger partial charge in [0.2, 0.25) is 0 Å². The maximum absolute atomic E-state index is 4.51. The molecular formula is C14H21N5. The Balaban J connectivity index is 1.83. The zero-order valence-corrected chi connectivity index (χ0v) is 11.8. The van der Waals surface area contributed by atoms with E-state index in [4.69, 9.17) is 0 Å². The number of likely N-dealkylation sites (tertiary alicyclic amines) is 1. The smallest absolute Gasteiger partial charge is 0.157 e. The summed E-state index contributed by atoms with van der Waals surface area (Å²) < 4.78 is 1.84. The van der Waals surface area contributed by atoms with Crippen LogP contribution in [0, 0.1) is 6.92 Å². The van der Waals surface area contributed by atoms with E-state index in [1.807, 2.05) is 24.9 Å². The number of nitrogens with one attached hydrogen (secondary N) is 1. The van der Waals surface area contributed by atoms with E-state index in [-0.39, 0.29) is 0 Å². The van der Waals surface area contributed by atoms with Gasteiger partial charge in [0, 0.05) is 25.0 Å². The Labute approximate surface area is 113 Å². The third kappa shape index (κ3) is 2.42. The molecule has 0 spiro atoms. The number of fused-ring (bicyclic) bond motifs is 1. The minimum atomic E-state index is 0.523. The van der Waals surface area contributed by atoms with Gasteiger partial charge in [-0.05, 0) is 39.4 Å². The predicted molar refractivity (Wildman–Crippen MR) is 77.4 cm³/mol. The molecule has 1 atom stereocenters. The van der Waals surface area contributed by atoms with E-state index in [0.29, 0.717) is 6.04 Å². The molecule has 0 radical (unpaired) electrons. The SMILES string of the molecule is Cc1nn(C)c2ncc(NC3CCCN(C)C3)cc12. The third-order valence-corrected chi connectivity index (χ3v) is 3.86. The second-order valence-electron chi connectivity index (χ2n) is 5.55. The van der Waals surface area contributed by atoms with E-state index >= 15 is 0 Å². The zero-order chi connectivity index (χ0) is 13.4. The van der Waals surface area contributed by atoms with Crippen LogP contribution < -0.4 is 5.32 Å². The Kier molecular flexibility index (Phi) is 3.14. The van der Waals surface area contributed by atoms with Gasteiger partial charge in [-0.15, -0.1) is 0 Å². The molecule has 0 aromatic carbocycles. The number of aromatic nitrogens is 3. The third-order valence-electron chi connectivity index (χ3n) is 3.86. The number of likely N-dealkylation sites (N-methyl/N-ethyl adjacent to an activating group) is 1. The van der Waals surface area contributed by atoms with Gasteiger partial charge >= 0.3 is 0 Å². The fourth-order valence-electron chi connectivity index (χ4n) is 2.91. The molecule has 3 heterocycles. The van der Waals surface area contributed by atoms with E-state index in [0.717, 1.165) is 29.0 Å². The van der Waals surface area contributed by atoms with Gasteiger partial charge in [0.25, 0.3) is 0 Å². The summed E-state index contributed by atoms with van der Waals surface area (Å²) in [6.07, 6.45) is 4.40. The highest BCUT2D eigenvalue weighted by Gasteiger charge is 2.17. The van der Waals surface area contributed by atoms with Crippen LogP contribution in [0.3, 0.4) is 0 Å². The molecule has 1 unspecified atom stereocenters. The lowest BCUT2D eigenvalue weighted by Gasteiger charge is -2.30. The van der Waals surface area contributed by atoms with E-state index < -0.39 is 0 Å². The number of rotatable bonds is 2. The van der Waals surface area contributed by atoms with Gasteiger partial charge in [0.1, 0.15) is 0 Å². The van der Waals surface area contributed by atoms with Crippen LogP contribution in [-0.2, 0) is 7.05 Å². The lowest BCUT2D eigenvalue weighted by molar-refractivity contribution is 0.261. The summed E-state index contributed by atoms with van der Waals surface area (Å²) in [5, 5.41) is 9.14. The van der Waals surface area contributed by atoms with Crippen LogP contribution in [0.1, 0.15) is 18.5 Å². The molecule has 1 saturated heterocycles. The summed E-state index contributed by atoms with van der Waals surface area (Å²) in [5.41, 5.74) is 3.09. The summed E-state index contributed by atoms with van der Waals surface area (Å²) >= 11 is 0. The maximum Gasteiger partial charge on any atom is 0.157 e. The average Bonchev–Trinajstić information content (AvgIpc) is 2.65. The van der Waals surface area contributed by atoms with Gasteiger partial charge < -0.3 is 10.2 Å². The molecular weight excluding hydrogens is 238 g/mol. The predicted octanol–water partition coefficient (Wildman–Crippen LogP) is 1.78. The molecule has 5 nitrogen and oxygen atoms in total. The number of anilines is 1. The Morgan fingerprint density at radius 2 is 2.21 bits per heavy atom. The first-order valence-corrected chi connectivity index (χ1v) is 6.88. The van der Waals surface area contributed by atoms with E-state index in [1.165, 1.54) is 19.4 Å². The number of hydrogen-bond donors (Lipinski definition) is 1. The van der Waals surface area contributed by atoms with Crippen molar-refractivity contribution < 1.29 is 0 Å². The molecule has 3 rings (SSSR count). The molecule has 2 aromatic rings. The Morgan fingerprint density at radius 3 is 3.00 bits per heavy atom. The van der Waals surface area contributed by atoms with Gasteiger partial charge in [-0.3, -0.25) is 4.68 Å². The van der Waals surface area contributed by atoms with Crippen LogP contribution in [0.5, 0.6) is 0 Å². The van der Waals surface area contributed by atoms with Crippen LogP contribution in [0.15, 0.2) is 12.3 Å². The number of nitrogens with zero attached hydrogens (tertiary/aromatic N) is 4. The van der Waals surface area contributed by atoms with Crippen molar-refractivity contribution in [3.63, 3.8) is 0 Å². The number of hydrogen-bond acceptors (Lipinski definition) is 4. The minimum Gasteiger partial charge on any atom is -0.380 e. The molecule has 2 aromatic heterocycles. The van der Waals surface area contributed by atoms with Crippen molar-refractivity contribution in [3.05, 3.63) is 18.0 Å². The van der Waals surface area contributed by atoms with Gasteiger partial charge in [-0.25, -0.2) is 4.98 Å². The molecule has 1 aliphatic heterocycles. The van der Waals surface area contributed by atoms with Crippen LogP contribution in [-0.4, -0.2) is 45.8 Å². The monoisotopic (exact) mass is 259 g/mol. The van der Waals surface area contributed by atoms with E-state index in [1.54, 1.807) is 0 Å². The highest BCUT2D eigenvalue weighted by atomic mass is 15.3. The molecule has 0 saturated carbocycles. The second-order valence-corrected chi connectivity index (χ2v) is 5.55. The topological polar surface area (TPSA) is 46.0 Å². The highest BCUT2D eigenvalue weighted by Crippen LogP contribution is 2.21. The van der Waals surface area contributed by atoms with Crippen molar-refractivity contribution in [1.29, 1.82) is 0 Å². The normalized spacial score (nSPS) is 20.9. The number of aryl methyl sites for hydroxylation is 2. The summed E-state index contributed by atoms with van der Waals surface area (Å²) in [6.45, 7) is 4.34. The molecule has 1 N–H and O–H groups in total. The molecule has 1 fully saturated rings. The number of pyridine rings is 1. The van der Waals surface area contributed by atoms with E-state index in [2.05, 4.69) is 33.4 Å². The molecule has 19 heavy (non-hydrogen) atoms. The fourth-order valence-corrected chi connectivity index (χ4v) is 2.91. The number of piperidine rings is 1. The largest absolute Gasteiger partial charge is 0.380 e. The summed E-state index contributed by atoms with van der Waals surface area (Å²) in [6, 6.07) is 2.69. The fraction of sp³-hybridized carbons (Fsp3) is 0.571. The van der Waals surface area contributed by atoms with Crippen molar-refractivity contribution in [2.45, 2.75) is 25.8 Å². The molecule has 0 amide bonds. The van der Waals surface area contributed by atoms with Crippen LogP contribution in [0.4, 0.5) is 5.69 Å². The first-order valence-electron chi connectivity index (χ1n) is 6.88. The molecule has 102 valence electrons. The zero-order valence-electron chi connectivity index (χ0n) is 11.8. The van der Waals surface area contributed by atoms with E-state index in [9.17, 15) is 0 Å². The Bertz CT molecular complexity index is 589. The van der Waals surface area contributed by atoms with Crippen LogP contribution >= 0.6 is 0 Å². The van der Waals surface area contributed by atoms with Gasteiger partial charge in [-0.1, -0.05) is 0 Å². The van der Waals surface area contributed by atoms with Gasteiger partial charge in [-0.2, -0.15) is 5.10 Å². The van der Waals surface area contributed by atoms with Crippen molar-refractivity contribution in [3.8, 4) is 0 Å². The first-order chi connectivity index (χ1) is 9.13.